The van der Waals surface area contributed by atoms with Gasteiger partial charge >= 0.3 is 0 Å². The molecule has 0 amide bonds. The average Bonchev–Trinajstić information content (AvgIpc) is 3.02. The molecule has 18 heavy (non-hydrogen) atoms. The molecule has 0 spiro atoms. The predicted molar refractivity (Wildman–Crippen MR) is 65.3 cm³/mol. The second-order valence-corrected chi connectivity index (χ2v) is 4.50. The van der Waals surface area contributed by atoms with Gasteiger partial charge in [0.1, 0.15) is 12.1 Å². The van der Waals surface area contributed by atoms with E-state index in [1.165, 1.54) is 0 Å². The van der Waals surface area contributed by atoms with Crippen LogP contribution in [0.15, 0.2) is 29.0 Å². The minimum absolute atomic E-state index is 0.301. The normalized spacial score (nSPS) is 20.3. The summed E-state index contributed by atoms with van der Waals surface area (Å²) in [5, 5.41) is 12.1. The summed E-state index contributed by atoms with van der Waals surface area (Å²) >= 11 is 0. The number of anilines is 1. The number of nitrogens with zero attached hydrogens (tertiary/aromatic N) is 4. The SMILES string of the molecule is Nc1ccc(C2CCCN2Cc2ccon2)nn1. The molecule has 1 fully saturated rings. The van der Waals surface area contributed by atoms with Crippen molar-refractivity contribution in [2.24, 2.45) is 0 Å². The van der Waals surface area contributed by atoms with Crippen molar-refractivity contribution in [3.05, 3.63) is 35.9 Å². The summed E-state index contributed by atoms with van der Waals surface area (Å²) in [6.45, 7) is 1.83. The molecule has 0 saturated carbocycles. The van der Waals surface area contributed by atoms with Gasteiger partial charge in [0.25, 0.3) is 0 Å². The molecule has 0 radical (unpaired) electrons. The van der Waals surface area contributed by atoms with Crippen molar-refractivity contribution in [2.45, 2.75) is 25.4 Å². The van der Waals surface area contributed by atoms with Crippen molar-refractivity contribution >= 4 is 5.82 Å². The summed E-state index contributed by atoms with van der Waals surface area (Å²) < 4.78 is 4.86. The van der Waals surface area contributed by atoms with Crippen LogP contribution >= 0.6 is 0 Å². The molecule has 1 atom stereocenters. The molecule has 0 aromatic carbocycles. The van der Waals surface area contributed by atoms with Crippen molar-refractivity contribution in [3.63, 3.8) is 0 Å². The van der Waals surface area contributed by atoms with Gasteiger partial charge in [-0.2, -0.15) is 5.10 Å². The third kappa shape index (κ3) is 2.19. The van der Waals surface area contributed by atoms with Crippen molar-refractivity contribution in [2.75, 3.05) is 12.3 Å². The quantitative estimate of drug-likeness (QED) is 0.879. The highest BCUT2D eigenvalue weighted by Crippen LogP contribution is 2.31. The molecule has 1 saturated heterocycles. The number of hydrogen-bond donors (Lipinski definition) is 1. The van der Waals surface area contributed by atoms with Crippen LogP contribution in [0.3, 0.4) is 0 Å². The van der Waals surface area contributed by atoms with Crippen LogP contribution in [-0.2, 0) is 6.54 Å². The van der Waals surface area contributed by atoms with E-state index >= 15 is 0 Å². The van der Waals surface area contributed by atoms with Gasteiger partial charge in [0.2, 0.25) is 0 Å². The topological polar surface area (TPSA) is 81.1 Å². The van der Waals surface area contributed by atoms with Crippen LogP contribution < -0.4 is 5.73 Å². The van der Waals surface area contributed by atoms with Crippen molar-refractivity contribution in [1.29, 1.82) is 0 Å². The maximum atomic E-state index is 5.56. The van der Waals surface area contributed by atoms with Gasteiger partial charge in [-0.15, -0.1) is 5.10 Å². The number of aromatic nitrogens is 3. The summed E-state index contributed by atoms with van der Waals surface area (Å²) in [6, 6.07) is 5.95. The molecule has 0 bridgehead atoms. The molecule has 0 aliphatic carbocycles. The Hall–Kier alpha value is -1.95. The Morgan fingerprint density at radius 1 is 1.33 bits per heavy atom. The first kappa shape index (κ1) is 11.2. The largest absolute Gasteiger partial charge is 0.382 e. The molecule has 3 heterocycles. The lowest BCUT2D eigenvalue weighted by molar-refractivity contribution is 0.235. The summed E-state index contributed by atoms with van der Waals surface area (Å²) in [7, 11) is 0. The lowest BCUT2D eigenvalue weighted by Crippen LogP contribution is -2.23. The molecule has 94 valence electrons. The Labute approximate surface area is 105 Å². The van der Waals surface area contributed by atoms with Gasteiger partial charge in [-0.1, -0.05) is 5.16 Å². The molecule has 6 heteroatoms. The van der Waals surface area contributed by atoms with Crippen LogP contribution in [0.1, 0.15) is 30.3 Å². The van der Waals surface area contributed by atoms with Gasteiger partial charge in [-0.05, 0) is 31.5 Å². The van der Waals surface area contributed by atoms with Gasteiger partial charge in [-0.25, -0.2) is 0 Å². The number of rotatable bonds is 3. The fourth-order valence-corrected chi connectivity index (χ4v) is 2.41. The third-order valence-electron chi connectivity index (χ3n) is 3.27. The van der Waals surface area contributed by atoms with Gasteiger partial charge in [0, 0.05) is 12.6 Å². The molecule has 1 aliphatic rings. The minimum Gasteiger partial charge on any atom is -0.382 e. The zero-order valence-electron chi connectivity index (χ0n) is 9.99. The Bertz CT molecular complexity index is 496. The molecule has 2 aromatic rings. The van der Waals surface area contributed by atoms with Gasteiger partial charge in [0.05, 0.1) is 17.4 Å². The summed E-state index contributed by atoms with van der Waals surface area (Å²) in [6.07, 6.45) is 3.86. The van der Waals surface area contributed by atoms with E-state index in [9.17, 15) is 0 Å². The van der Waals surface area contributed by atoms with E-state index < -0.39 is 0 Å². The molecule has 1 unspecified atom stereocenters. The van der Waals surface area contributed by atoms with E-state index in [4.69, 9.17) is 10.3 Å². The smallest absolute Gasteiger partial charge is 0.146 e. The molecule has 1 aliphatic heterocycles. The van der Waals surface area contributed by atoms with Crippen molar-refractivity contribution in [3.8, 4) is 0 Å². The van der Waals surface area contributed by atoms with Gasteiger partial charge in [-0.3, -0.25) is 4.90 Å². The Balaban J connectivity index is 1.76. The third-order valence-corrected chi connectivity index (χ3v) is 3.27. The first-order valence-corrected chi connectivity index (χ1v) is 6.05. The molecule has 2 N–H and O–H groups in total. The number of nitrogens with two attached hydrogens (primary N) is 1. The van der Waals surface area contributed by atoms with E-state index in [-0.39, 0.29) is 0 Å². The molecular formula is C12H15N5O. The van der Waals surface area contributed by atoms with E-state index in [0.29, 0.717) is 11.9 Å². The van der Waals surface area contributed by atoms with Crippen LogP contribution in [0.5, 0.6) is 0 Å². The highest BCUT2D eigenvalue weighted by Gasteiger charge is 2.27. The number of likely N-dealkylation sites (tertiary alicyclic amines) is 1. The van der Waals surface area contributed by atoms with Gasteiger partial charge < -0.3 is 10.3 Å². The molecule has 2 aromatic heterocycles. The first-order chi connectivity index (χ1) is 8.83. The fourth-order valence-electron chi connectivity index (χ4n) is 2.41. The van der Waals surface area contributed by atoms with Crippen molar-refractivity contribution < 1.29 is 4.52 Å². The zero-order chi connectivity index (χ0) is 12.4. The van der Waals surface area contributed by atoms with Crippen LogP contribution in [0.25, 0.3) is 0 Å². The van der Waals surface area contributed by atoms with Crippen LogP contribution in [-0.4, -0.2) is 26.8 Å². The monoisotopic (exact) mass is 245 g/mol. The van der Waals surface area contributed by atoms with E-state index in [1.807, 2.05) is 12.1 Å². The van der Waals surface area contributed by atoms with E-state index in [2.05, 4.69) is 20.3 Å². The summed E-state index contributed by atoms with van der Waals surface area (Å²) in [5.74, 6) is 0.458. The maximum Gasteiger partial charge on any atom is 0.146 e. The van der Waals surface area contributed by atoms with Crippen molar-refractivity contribution in [1.82, 2.24) is 20.3 Å². The second kappa shape index (κ2) is 4.73. The van der Waals surface area contributed by atoms with Crippen LogP contribution in [0, 0.1) is 0 Å². The first-order valence-electron chi connectivity index (χ1n) is 6.05. The molecular weight excluding hydrogens is 230 g/mol. The summed E-state index contributed by atoms with van der Waals surface area (Å²) in [5.41, 5.74) is 7.49. The predicted octanol–water partition coefficient (Wildman–Crippen LogP) is 1.38. The maximum absolute atomic E-state index is 5.56. The number of nitrogen functional groups attached to an aromatic ring is 1. The lowest BCUT2D eigenvalue weighted by atomic mass is 10.1. The minimum atomic E-state index is 0.301. The van der Waals surface area contributed by atoms with E-state index in [1.54, 1.807) is 12.3 Å². The Morgan fingerprint density at radius 3 is 3.00 bits per heavy atom. The average molecular weight is 245 g/mol. The Morgan fingerprint density at radius 2 is 2.28 bits per heavy atom. The number of hydrogen-bond acceptors (Lipinski definition) is 6. The molecule has 3 rings (SSSR count). The highest BCUT2D eigenvalue weighted by molar-refractivity contribution is 5.26. The van der Waals surface area contributed by atoms with Crippen LogP contribution in [0.4, 0.5) is 5.82 Å². The Kier molecular flexibility index (Phi) is 2.93. The fraction of sp³-hybridized carbons (Fsp3) is 0.417. The molecule has 6 nitrogen and oxygen atoms in total. The zero-order valence-corrected chi connectivity index (χ0v) is 9.99. The lowest BCUT2D eigenvalue weighted by Gasteiger charge is -2.22. The highest BCUT2D eigenvalue weighted by atomic mass is 16.5. The van der Waals surface area contributed by atoms with E-state index in [0.717, 1.165) is 37.3 Å². The second-order valence-electron chi connectivity index (χ2n) is 4.50. The summed E-state index contributed by atoms with van der Waals surface area (Å²) in [4.78, 5) is 2.35. The van der Waals surface area contributed by atoms with Crippen LogP contribution in [0.2, 0.25) is 0 Å². The van der Waals surface area contributed by atoms with Gasteiger partial charge in [0.15, 0.2) is 0 Å². The standard InChI is InChI=1S/C12H15N5O/c13-12-4-3-10(14-15-12)11-2-1-6-17(11)8-9-5-7-18-16-9/h3-5,7,11H,1-2,6,8H2,(H2,13,15).